The molecule has 0 saturated carbocycles. The number of imide groups is 1. The Kier molecular flexibility index (Phi) is 2.11. The third-order valence-electron chi connectivity index (χ3n) is 2.26. The first-order chi connectivity index (χ1) is 7.09. The van der Waals surface area contributed by atoms with Crippen LogP contribution >= 0.6 is 0 Å². The summed E-state index contributed by atoms with van der Waals surface area (Å²) in [6, 6.07) is -0.960. The van der Waals surface area contributed by atoms with Crippen LogP contribution in [0.15, 0.2) is 12.2 Å². The van der Waals surface area contributed by atoms with Crippen LogP contribution in [0.1, 0.15) is 12.8 Å². The Hall–Kier alpha value is -1.98. The number of esters is 2. The highest BCUT2D eigenvalue weighted by Gasteiger charge is 2.40. The molecule has 0 unspecified atom stereocenters. The van der Waals surface area contributed by atoms with Crippen molar-refractivity contribution in [2.75, 3.05) is 0 Å². The smallest absolute Gasteiger partial charge is 0.337 e. The Morgan fingerprint density at radius 3 is 2.27 bits per heavy atom. The van der Waals surface area contributed by atoms with Crippen LogP contribution in [-0.2, 0) is 23.9 Å². The topological polar surface area (TPSA) is 80.8 Å². The lowest BCUT2D eigenvalue weighted by molar-refractivity contribution is -0.171. The van der Waals surface area contributed by atoms with E-state index in [9.17, 15) is 19.2 Å². The average molecular weight is 209 g/mol. The molecule has 15 heavy (non-hydrogen) atoms. The van der Waals surface area contributed by atoms with Gasteiger partial charge in [0.1, 0.15) is 6.04 Å². The van der Waals surface area contributed by atoms with Gasteiger partial charge in [0.15, 0.2) is 0 Å². The maximum atomic E-state index is 11.3. The monoisotopic (exact) mass is 209 g/mol. The van der Waals surface area contributed by atoms with Gasteiger partial charge in [0.05, 0.1) is 0 Å². The molecule has 1 saturated heterocycles. The van der Waals surface area contributed by atoms with Crippen LogP contribution in [0.3, 0.4) is 0 Å². The van der Waals surface area contributed by atoms with Crippen molar-refractivity contribution >= 4 is 23.8 Å². The van der Waals surface area contributed by atoms with E-state index < -0.39 is 29.8 Å². The van der Waals surface area contributed by atoms with E-state index in [2.05, 4.69) is 4.74 Å². The van der Waals surface area contributed by atoms with Crippen LogP contribution in [0.5, 0.6) is 0 Å². The molecule has 0 spiro atoms. The summed E-state index contributed by atoms with van der Waals surface area (Å²) in [7, 11) is 0. The molecule has 2 aliphatic rings. The van der Waals surface area contributed by atoms with Crippen molar-refractivity contribution in [3.8, 4) is 0 Å². The van der Waals surface area contributed by atoms with E-state index in [0.29, 0.717) is 0 Å². The first-order valence-electron chi connectivity index (χ1n) is 4.39. The number of amides is 2. The number of hydrogen-bond acceptors (Lipinski definition) is 5. The minimum absolute atomic E-state index is 0.0352. The fraction of sp³-hybridized carbons (Fsp3) is 0.333. The van der Waals surface area contributed by atoms with Crippen LogP contribution in [0.2, 0.25) is 0 Å². The summed E-state index contributed by atoms with van der Waals surface area (Å²) in [5.74, 6) is -2.55. The molecule has 2 rings (SSSR count). The molecule has 1 fully saturated rings. The lowest BCUT2D eigenvalue weighted by atomic mass is 10.1. The van der Waals surface area contributed by atoms with Crippen molar-refractivity contribution in [3.05, 3.63) is 12.2 Å². The summed E-state index contributed by atoms with van der Waals surface area (Å²) >= 11 is 0. The molecule has 0 N–H and O–H groups in total. The third kappa shape index (κ3) is 1.54. The summed E-state index contributed by atoms with van der Waals surface area (Å²) in [6.45, 7) is 0. The number of nitrogens with zero attached hydrogens (tertiary/aromatic N) is 1. The molecule has 2 heterocycles. The molecule has 2 amide bonds. The molecule has 0 aromatic heterocycles. The predicted molar refractivity (Wildman–Crippen MR) is 45.1 cm³/mol. The zero-order valence-corrected chi connectivity index (χ0v) is 7.63. The Bertz CT molecular complexity index is 379. The van der Waals surface area contributed by atoms with Gasteiger partial charge in [-0.2, -0.15) is 0 Å². The third-order valence-corrected chi connectivity index (χ3v) is 2.26. The SMILES string of the molecule is O=C1CC[C@@H](N2C(=O)C=CC2=O)C(=O)O1. The number of cyclic esters (lactones) is 2. The maximum Gasteiger partial charge on any atom is 0.337 e. The van der Waals surface area contributed by atoms with Gasteiger partial charge in [-0.15, -0.1) is 0 Å². The van der Waals surface area contributed by atoms with Gasteiger partial charge in [-0.3, -0.25) is 19.3 Å². The first kappa shape index (κ1) is 9.57. The minimum Gasteiger partial charge on any atom is -0.392 e. The molecule has 0 bridgehead atoms. The van der Waals surface area contributed by atoms with Crippen molar-refractivity contribution in [2.24, 2.45) is 0 Å². The highest BCUT2D eigenvalue weighted by molar-refractivity contribution is 6.15. The molecule has 6 heteroatoms. The fourth-order valence-corrected chi connectivity index (χ4v) is 1.56. The van der Waals surface area contributed by atoms with Gasteiger partial charge >= 0.3 is 11.9 Å². The van der Waals surface area contributed by atoms with Gasteiger partial charge in [0, 0.05) is 18.6 Å². The standard InChI is InChI=1S/C9H7NO5/c11-6-2-3-7(12)10(6)5-1-4-8(13)15-9(5)14/h2-3,5H,1,4H2/t5-/m1/s1. The first-order valence-corrected chi connectivity index (χ1v) is 4.39. The van der Waals surface area contributed by atoms with Crippen molar-refractivity contribution < 1.29 is 23.9 Å². The van der Waals surface area contributed by atoms with E-state index in [1.54, 1.807) is 0 Å². The van der Waals surface area contributed by atoms with Gasteiger partial charge in [-0.25, -0.2) is 4.79 Å². The summed E-state index contributed by atoms with van der Waals surface area (Å²) in [4.78, 5) is 45.3. The molecule has 1 atom stereocenters. The van der Waals surface area contributed by atoms with Crippen LogP contribution in [-0.4, -0.2) is 34.7 Å². The lowest BCUT2D eigenvalue weighted by Gasteiger charge is -2.26. The molecule has 2 aliphatic heterocycles. The molecular formula is C9H7NO5. The quantitative estimate of drug-likeness (QED) is 0.319. The van der Waals surface area contributed by atoms with E-state index in [4.69, 9.17) is 0 Å². The Morgan fingerprint density at radius 2 is 1.73 bits per heavy atom. The lowest BCUT2D eigenvalue weighted by Crippen LogP contribution is -2.48. The number of hydrogen-bond donors (Lipinski definition) is 0. The second-order valence-electron chi connectivity index (χ2n) is 3.23. The van der Waals surface area contributed by atoms with E-state index in [1.807, 2.05) is 0 Å². The van der Waals surface area contributed by atoms with Crippen molar-refractivity contribution in [1.29, 1.82) is 0 Å². The summed E-state index contributed by atoms with van der Waals surface area (Å²) in [6.07, 6.45) is 2.35. The second-order valence-corrected chi connectivity index (χ2v) is 3.23. The Balaban J connectivity index is 2.18. The molecule has 0 aromatic carbocycles. The molecule has 6 nitrogen and oxygen atoms in total. The number of rotatable bonds is 1. The summed E-state index contributed by atoms with van der Waals surface area (Å²) < 4.78 is 4.36. The molecule has 78 valence electrons. The van der Waals surface area contributed by atoms with E-state index in [1.165, 1.54) is 0 Å². The van der Waals surface area contributed by atoms with Crippen LogP contribution in [0.4, 0.5) is 0 Å². The zero-order valence-electron chi connectivity index (χ0n) is 7.63. The van der Waals surface area contributed by atoms with Crippen LogP contribution < -0.4 is 0 Å². The second kappa shape index (κ2) is 3.30. The van der Waals surface area contributed by atoms with Gasteiger partial charge in [0.25, 0.3) is 11.8 Å². The Morgan fingerprint density at radius 1 is 1.13 bits per heavy atom. The Labute approximate surface area is 84.5 Å². The minimum atomic E-state index is -0.960. The van der Waals surface area contributed by atoms with Gasteiger partial charge in [-0.1, -0.05) is 0 Å². The van der Waals surface area contributed by atoms with Gasteiger partial charge in [0.2, 0.25) is 0 Å². The van der Waals surface area contributed by atoms with E-state index >= 15 is 0 Å². The molecule has 0 aromatic rings. The number of ether oxygens (including phenoxy) is 1. The average Bonchev–Trinajstić information content (AvgIpc) is 2.48. The highest BCUT2D eigenvalue weighted by Crippen LogP contribution is 2.19. The molecule has 0 aliphatic carbocycles. The summed E-state index contributed by atoms with van der Waals surface area (Å²) in [5, 5.41) is 0. The normalized spacial score (nSPS) is 26.1. The largest absolute Gasteiger partial charge is 0.392 e. The van der Waals surface area contributed by atoms with Gasteiger partial charge < -0.3 is 4.74 Å². The van der Waals surface area contributed by atoms with Crippen molar-refractivity contribution in [3.63, 3.8) is 0 Å². The van der Waals surface area contributed by atoms with Gasteiger partial charge in [-0.05, 0) is 6.42 Å². The zero-order chi connectivity index (χ0) is 11.0. The van der Waals surface area contributed by atoms with E-state index in [0.717, 1.165) is 17.1 Å². The molecular weight excluding hydrogens is 202 g/mol. The number of carbonyl (C=O) groups excluding carboxylic acids is 4. The van der Waals surface area contributed by atoms with E-state index in [-0.39, 0.29) is 12.8 Å². The van der Waals surface area contributed by atoms with Crippen molar-refractivity contribution in [1.82, 2.24) is 4.90 Å². The maximum absolute atomic E-state index is 11.3. The number of carbonyl (C=O) groups is 4. The van der Waals surface area contributed by atoms with Crippen LogP contribution in [0.25, 0.3) is 0 Å². The van der Waals surface area contributed by atoms with Crippen LogP contribution in [0, 0.1) is 0 Å². The predicted octanol–water partition coefficient (Wildman–Crippen LogP) is -0.856. The fourth-order valence-electron chi connectivity index (χ4n) is 1.56. The summed E-state index contributed by atoms with van der Waals surface area (Å²) in [5.41, 5.74) is 0. The molecule has 0 radical (unpaired) electrons. The highest BCUT2D eigenvalue weighted by atomic mass is 16.6. The van der Waals surface area contributed by atoms with Crippen molar-refractivity contribution in [2.45, 2.75) is 18.9 Å².